The number of carbonyl (C=O) groups excluding carboxylic acids is 2. The lowest BCUT2D eigenvalue weighted by Crippen LogP contribution is -2.14. The highest BCUT2D eigenvalue weighted by atomic mass is 16.6. The van der Waals surface area contributed by atoms with Crippen molar-refractivity contribution in [1.82, 2.24) is 0 Å². The Balaban J connectivity index is 3.01. The van der Waals surface area contributed by atoms with Gasteiger partial charge in [0.2, 0.25) is 0 Å². The molecule has 5 nitrogen and oxygen atoms in total. The van der Waals surface area contributed by atoms with Gasteiger partial charge in [0.1, 0.15) is 0 Å². The standard InChI is InChI=1S/C9H10O5/c1-3-5-7(10)6(9(12)14-5)8(11)13-4-2/h3,10H,4H2,1-2H3/b5-3-. The van der Waals surface area contributed by atoms with Crippen molar-refractivity contribution >= 4 is 11.9 Å². The van der Waals surface area contributed by atoms with E-state index in [1.807, 2.05) is 0 Å². The second-order valence-electron chi connectivity index (χ2n) is 2.49. The minimum Gasteiger partial charge on any atom is -0.503 e. The van der Waals surface area contributed by atoms with Crippen molar-refractivity contribution in [3.63, 3.8) is 0 Å². The van der Waals surface area contributed by atoms with Gasteiger partial charge in [-0.25, -0.2) is 9.59 Å². The number of cyclic esters (lactones) is 1. The van der Waals surface area contributed by atoms with E-state index in [2.05, 4.69) is 9.47 Å². The van der Waals surface area contributed by atoms with Crippen LogP contribution in [0, 0.1) is 0 Å². The van der Waals surface area contributed by atoms with Crippen molar-refractivity contribution in [2.24, 2.45) is 0 Å². The van der Waals surface area contributed by atoms with E-state index < -0.39 is 23.3 Å². The minimum absolute atomic E-state index is 0.0157. The molecule has 76 valence electrons. The van der Waals surface area contributed by atoms with Crippen LogP contribution in [-0.4, -0.2) is 23.7 Å². The van der Waals surface area contributed by atoms with Gasteiger partial charge in [-0.15, -0.1) is 0 Å². The van der Waals surface area contributed by atoms with Crippen LogP contribution < -0.4 is 0 Å². The molecule has 5 heteroatoms. The van der Waals surface area contributed by atoms with E-state index in [1.165, 1.54) is 6.08 Å². The van der Waals surface area contributed by atoms with Crippen LogP contribution in [-0.2, 0) is 19.1 Å². The van der Waals surface area contributed by atoms with Crippen LogP contribution in [0.2, 0.25) is 0 Å². The molecule has 0 aromatic carbocycles. The maximum absolute atomic E-state index is 11.2. The Labute approximate surface area is 80.6 Å². The molecule has 0 bridgehead atoms. The Bertz CT molecular complexity index is 337. The van der Waals surface area contributed by atoms with E-state index in [9.17, 15) is 14.7 Å². The van der Waals surface area contributed by atoms with Crippen molar-refractivity contribution in [2.45, 2.75) is 13.8 Å². The summed E-state index contributed by atoms with van der Waals surface area (Å²) in [4.78, 5) is 22.2. The summed E-state index contributed by atoms with van der Waals surface area (Å²) in [5.41, 5.74) is -0.444. The van der Waals surface area contributed by atoms with Crippen LogP contribution in [0.5, 0.6) is 0 Å². The number of aliphatic hydroxyl groups is 1. The first-order chi connectivity index (χ1) is 6.61. The Morgan fingerprint density at radius 3 is 2.71 bits per heavy atom. The molecule has 0 fully saturated rings. The maximum Gasteiger partial charge on any atom is 0.355 e. The molecule has 0 spiro atoms. The Morgan fingerprint density at radius 2 is 2.29 bits per heavy atom. The maximum atomic E-state index is 11.2. The van der Waals surface area contributed by atoms with Crippen LogP contribution in [0.15, 0.2) is 23.2 Å². The number of esters is 2. The first-order valence-electron chi connectivity index (χ1n) is 4.11. The molecule has 0 saturated heterocycles. The quantitative estimate of drug-likeness (QED) is 0.525. The summed E-state index contributed by atoms with van der Waals surface area (Å²) in [6.07, 6.45) is 1.39. The molecule has 0 unspecified atom stereocenters. The SMILES string of the molecule is C/C=C1\OC(=O)C(C(=O)OCC)=C1O. The van der Waals surface area contributed by atoms with Crippen molar-refractivity contribution in [1.29, 1.82) is 0 Å². The monoisotopic (exact) mass is 198 g/mol. The molecule has 1 aliphatic heterocycles. The predicted molar refractivity (Wildman–Crippen MR) is 46.1 cm³/mol. The van der Waals surface area contributed by atoms with Gasteiger partial charge in [0, 0.05) is 0 Å². The Kier molecular flexibility index (Phi) is 2.91. The summed E-state index contributed by atoms with van der Waals surface area (Å²) in [6, 6.07) is 0. The van der Waals surface area contributed by atoms with E-state index >= 15 is 0 Å². The number of carbonyl (C=O) groups is 2. The lowest BCUT2D eigenvalue weighted by Gasteiger charge is -1.98. The van der Waals surface area contributed by atoms with Gasteiger partial charge in [0.05, 0.1) is 6.61 Å². The largest absolute Gasteiger partial charge is 0.503 e. The average Bonchev–Trinajstić information content (AvgIpc) is 2.41. The van der Waals surface area contributed by atoms with Crippen LogP contribution in [0.4, 0.5) is 0 Å². The highest BCUT2D eigenvalue weighted by Crippen LogP contribution is 2.24. The van der Waals surface area contributed by atoms with Crippen molar-refractivity contribution in [3.8, 4) is 0 Å². The van der Waals surface area contributed by atoms with Gasteiger partial charge in [0.15, 0.2) is 17.1 Å². The number of rotatable bonds is 2. The number of hydrogen-bond donors (Lipinski definition) is 1. The zero-order valence-electron chi connectivity index (χ0n) is 7.86. The second kappa shape index (κ2) is 3.95. The van der Waals surface area contributed by atoms with Gasteiger partial charge in [-0.1, -0.05) is 0 Å². The molecule has 1 aliphatic rings. The molecule has 14 heavy (non-hydrogen) atoms. The normalized spacial score (nSPS) is 18.7. The van der Waals surface area contributed by atoms with E-state index in [0.29, 0.717) is 0 Å². The molecule has 0 radical (unpaired) electrons. The summed E-state index contributed by atoms with van der Waals surface area (Å²) in [6.45, 7) is 3.31. The second-order valence-corrected chi connectivity index (χ2v) is 2.49. The Morgan fingerprint density at radius 1 is 1.64 bits per heavy atom. The summed E-state index contributed by atoms with van der Waals surface area (Å²) in [5, 5.41) is 9.38. The molecule has 0 aromatic rings. The fourth-order valence-electron chi connectivity index (χ4n) is 0.998. The lowest BCUT2D eigenvalue weighted by molar-refractivity contribution is -0.143. The smallest absolute Gasteiger partial charge is 0.355 e. The molecule has 0 saturated carbocycles. The fourth-order valence-corrected chi connectivity index (χ4v) is 0.998. The first-order valence-corrected chi connectivity index (χ1v) is 4.11. The zero-order valence-corrected chi connectivity index (χ0v) is 7.86. The molecule has 0 amide bonds. The summed E-state index contributed by atoms with van der Waals surface area (Å²) >= 11 is 0. The van der Waals surface area contributed by atoms with Gasteiger partial charge in [0.25, 0.3) is 0 Å². The fraction of sp³-hybridized carbons (Fsp3) is 0.333. The number of ether oxygens (including phenoxy) is 2. The molecular weight excluding hydrogens is 188 g/mol. The lowest BCUT2D eigenvalue weighted by atomic mass is 10.2. The summed E-state index contributed by atoms with van der Waals surface area (Å²) in [5.74, 6) is -2.23. The van der Waals surface area contributed by atoms with Gasteiger partial charge >= 0.3 is 11.9 Å². The van der Waals surface area contributed by atoms with E-state index in [1.54, 1.807) is 13.8 Å². The van der Waals surface area contributed by atoms with E-state index in [-0.39, 0.29) is 12.4 Å². The highest BCUT2D eigenvalue weighted by molar-refractivity contribution is 6.17. The minimum atomic E-state index is -0.881. The van der Waals surface area contributed by atoms with Crippen LogP contribution >= 0.6 is 0 Å². The van der Waals surface area contributed by atoms with Crippen molar-refractivity contribution in [2.75, 3.05) is 6.61 Å². The highest BCUT2D eigenvalue weighted by Gasteiger charge is 2.35. The molecule has 1 rings (SSSR count). The van der Waals surface area contributed by atoms with Crippen LogP contribution in [0.1, 0.15) is 13.8 Å². The third kappa shape index (κ3) is 1.61. The number of aliphatic hydroxyl groups excluding tert-OH is 1. The molecule has 0 aromatic heterocycles. The van der Waals surface area contributed by atoms with Crippen molar-refractivity contribution < 1.29 is 24.2 Å². The average molecular weight is 198 g/mol. The summed E-state index contributed by atoms with van der Waals surface area (Å²) in [7, 11) is 0. The van der Waals surface area contributed by atoms with Crippen LogP contribution in [0.25, 0.3) is 0 Å². The molecule has 1 N–H and O–H groups in total. The van der Waals surface area contributed by atoms with E-state index in [4.69, 9.17) is 0 Å². The summed E-state index contributed by atoms with van der Waals surface area (Å²) < 4.78 is 9.17. The molecule has 0 atom stereocenters. The van der Waals surface area contributed by atoms with E-state index in [0.717, 1.165) is 0 Å². The third-order valence-corrected chi connectivity index (χ3v) is 1.62. The molecule has 0 aliphatic carbocycles. The van der Waals surface area contributed by atoms with Crippen molar-refractivity contribution in [3.05, 3.63) is 23.2 Å². The van der Waals surface area contributed by atoms with Gasteiger partial charge in [-0.05, 0) is 19.9 Å². The topological polar surface area (TPSA) is 72.8 Å². The number of hydrogen-bond acceptors (Lipinski definition) is 5. The predicted octanol–water partition coefficient (Wildman–Crippen LogP) is 0.822. The number of allylic oxidation sites excluding steroid dienone is 1. The first kappa shape index (κ1) is 10.3. The van der Waals surface area contributed by atoms with Gasteiger partial charge in [-0.2, -0.15) is 0 Å². The van der Waals surface area contributed by atoms with Gasteiger partial charge in [-0.3, -0.25) is 0 Å². The van der Waals surface area contributed by atoms with Gasteiger partial charge < -0.3 is 14.6 Å². The Hall–Kier alpha value is -1.78. The molecule has 1 heterocycles. The molecular formula is C9H10O5. The zero-order chi connectivity index (χ0) is 10.7. The van der Waals surface area contributed by atoms with Crippen LogP contribution in [0.3, 0.4) is 0 Å². The third-order valence-electron chi connectivity index (χ3n) is 1.62.